The molecule has 0 aromatic heterocycles. The maximum absolute atomic E-state index is 12.1. The Morgan fingerprint density at radius 1 is 1.28 bits per heavy atom. The first-order valence-electron chi connectivity index (χ1n) is 6.02. The molecule has 1 aliphatic rings. The van der Waals surface area contributed by atoms with Gasteiger partial charge in [0.2, 0.25) is 10.0 Å². The monoisotopic (exact) mass is 288 g/mol. The third-order valence-electron chi connectivity index (χ3n) is 3.15. The summed E-state index contributed by atoms with van der Waals surface area (Å²) >= 11 is 5.99. The van der Waals surface area contributed by atoms with Crippen molar-refractivity contribution in [3.8, 4) is 0 Å². The van der Waals surface area contributed by atoms with Gasteiger partial charge in [-0.3, -0.25) is 0 Å². The number of hydrogen-bond donors (Lipinski definition) is 2. The van der Waals surface area contributed by atoms with Crippen molar-refractivity contribution in [2.45, 2.75) is 24.6 Å². The Kier molecular flexibility index (Phi) is 4.61. The minimum Gasteiger partial charge on any atom is -0.317 e. The van der Waals surface area contributed by atoms with Crippen molar-refractivity contribution in [3.05, 3.63) is 34.9 Å². The average Bonchev–Trinajstić information content (AvgIpc) is 2.39. The van der Waals surface area contributed by atoms with Gasteiger partial charge in [-0.1, -0.05) is 29.8 Å². The van der Waals surface area contributed by atoms with Gasteiger partial charge in [0.1, 0.15) is 0 Å². The van der Waals surface area contributed by atoms with Crippen LogP contribution in [0.3, 0.4) is 0 Å². The molecule has 6 heteroatoms. The van der Waals surface area contributed by atoms with Crippen LogP contribution in [0.4, 0.5) is 0 Å². The third-order valence-corrected chi connectivity index (χ3v) is 5.41. The second-order valence-corrected chi connectivity index (χ2v) is 6.86. The third kappa shape index (κ3) is 3.45. The number of rotatable bonds is 4. The molecule has 1 saturated heterocycles. The molecule has 0 spiro atoms. The molecule has 1 aromatic rings. The van der Waals surface area contributed by atoms with Crippen molar-refractivity contribution < 1.29 is 8.42 Å². The molecule has 0 saturated carbocycles. The quantitative estimate of drug-likeness (QED) is 0.883. The van der Waals surface area contributed by atoms with Crippen LogP contribution in [0.2, 0.25) is 5.02 Å². The maximum Gasteiger partial charge on any atom is 0.214 e. The van der Waals surface area contributed by atoms with Crippen LogP contribution in [0.25, 0.3) is 0 Å². The lowest BCUT2D eigenvalue weighted by atomic mass is 10.2. The highest BCUT2D eigenvalue weighted by atomic mass is 35.5. The van der Waals surface area contributed by atoms with Gasteiger partial charge in [-0.25, -0.2) is 13.1 Å². The lowest BCUT2D eigenvalue weighted by Gasteiger charge is -2.23. The molecule has 1 fully saturated rings. The summed E-state index contributed by atoms with van der Waals surface area (Å²) in [5.41, 5.74) is 0.802. The highest BCUT2D eigenvalue weighted by Gasteiger charge is 2.26. The van der Waals surface area contributed by atoms with Gasteiger partial charge < -0.3 is 5.32 Å². The number of benzene rings is 1. The second kappa shape index (κ2) is 6.02. The Balaban J connectivity index is 1.98. The molecule has 0 aliphatic carbocycles. The molecule has 100 valence electrons. The van der Waals surface area contributed by atoms with Gasteiger partial charge in [-0.15, -0.1) is 0 Å². The van der Waals surface area contributed by atoms with Crippen LogP contribution in [-0.4, -0.2) is 26.8 Å². The van der Waals surface area contributed by atoms with Crippen molar-refractivity contribution in [3.63, 3.8) is 0 Å². The maximum atomic E-state index is 12.1. The lowest BCUT2D eigenvalue weighted by molar-refractivity contribution is 0.489. The fourth-order valence-electron chi connectivity index (χ4n) is 2.04. The Hall–Kier alpha value is -0.620. The van der Waals surface area contributed by atoms with E-state index in [1.807, 2.05) is 18.2 Å². The summed E-state index contributed by atoms with van der Waals surface area (Å²) in [5, 5.41) is 3.45. The van der Waals surface area contributed by atoms with E-state index >= 15 is 0 Å². The first-order chi connectivity index (χ1) is 8.59. The molecule has 1 heterocycles. The molecule has 0 atom stereocenters. The molecule has 0 unspecified atom stereocenters. The Bertz CT molecular complexity index is 499. The van der Waals surface area contributed by atoms with E-state index in [1.54, 1.807) is 6.07 Å². The van der Waals surface area contributed by atoms with Crippen LogP contribution in [0.1, 0.15) is 18.4 Å². The minimum absolute atomic E-state index is 0.256. The molecular formula is C12H17ClN2O2S. The van der Waals surface area contributed by atoms with E-state index in [1.165, 1.54) is 0 Å². The van der Waals surface area contributed by atoms with E-state index in [-0.39, 0.29) is 11.8 Å². The van der Waals surface area contributed by atoms with Crippen molar-refractivity contribution >= 4 is 21.6 Å². The van der Waals surface area contributed by atoms with E-state index in [0.717, 1.165) is 18.7 Å². The smallest absolute Gasteiger partial charge is 0.214 e. The predicted octanol–water partition coefficient (Wildman–Crippen LogP) is 1.51. The van der Waals surface area contributed by atoms with E-state index in [2.05, 4.69) is 10.0 Å². The summed E-state index contributed by atoms with van der Waals surface area (Å²) in [4.78, 5) is 0. The van der Waals surface area contributed by atoms with Crippen molar-refractivity contribution in [2.24, 2.45) is 0 Å². The first kappa shape index (κ1) is 13.8. The SMILES string of the molecule is O=S(=O)(NCc1ccccc1Cl)C1CCNCC1. The molecule has 4 nitrogen and oxygen atoms in total. The van der Waals surface area contributed by atoms with Crippen molar-refractivity contribution in [1.82, 2.24) is 10.0 Å². The van der Waals surface area contributed by atoms with E-state index in [9.17, 15) is 8.42 Å². The largest absolute Gasteiger partial charge is 0.317 e. The summed E-state index contributed by atoms with van der Waals surface area (Å²) < 4.78 is 26.8. The fraction of sp³-hybridized carbons (Fsp3) is 0.500. The molecule has 2 N–H and O–H groups in total. The standard InChI is InChI=1S/C12H17ClN2O2S/c13-12-4-2-1-3-10(12)9-15-18(16,17)11-5-7-14-8-6-11/h1-4,11,14-15H,5-9H2. The number of nitrogens with one attached hydrogen (secondary N) is 2. The molecular weight excluding hydrogens is 272 g/mol. The Morgan fingerprint density at radius 2 is 1.94 bits per heavy atom. The summed E-state index contributed by atoms with van der Waals surface area (Å²) in [6.45, 7) is 1.78. The van der Waals surface area contributed by atoms with Crippen molar-refractivity contribution in [1.29, 1.82) is 0 Å². The van der Waals surface area contributed by atoms with Gasteiger partial charge in [0.15, 0.2) is 0 Å². The molecule has 18 heavy (non-hydrogen) atoms. The summed E-state index contributed by atoms with van der Waals surface area (Å²) in [6, 6.07) is 7.26. The molecule has 2 rings (SSSR count). The van der Waals surface area contributed by atoms with Crippen LogP contribution in [-0.2, 0) is 16.6 Å². The zero-order chi connectivity index (χ0) is 13.0. The normalized spacial score (nSPS) is 17.8. The fourth-order valence-corrected chi connectivity index (χ4v) is 3.69. The van der Waals surface area contributed by atoms with Gasteiger partial charge in [0.05, 0.1) is 5.25 Å². The first-order valence-corrected chi connectivity index (χ1v) is 7.94. The minimum atomic E-state index is -3.25. The van der Waals surface area contributed by atoms with Gasteiger partial charge in [-0.2, -0.15) is 0 Å². The summed E-state index contributed by atoms with van der Waals surface area (Å²) in [5.74, 6) is 0. The highest BCUT2D eigenvalue weighted by molar-refractivity contribution is 7.90. The van der Waals surface area contributed by atoms with E-state index in [0.29, 0.717) is 17.9 Å². The van der Waals surface area contributed by atoms with Crippen molar-refractivity contribution in [2.75, 3.05) is 13.1 Å². The molecule has 1 aromatic carbocycles. The number of piperidine rings is 1. The summed E-state index contributed by atoms with van der Waals surface area (Å²) in [7, 11) is -3.25. The zero-order valence-electron chi connectivity index (χ0n) is 10.0. The molecule has 1 aliphatic heterocycles. The van der Waals surface area contributed by atoms with Crippen LogP contribution >= 0.6 is 11.6 Å². The van der Waals surface area contributed by atoms with Crippen LogP contribution in [0.15, 0.2) is 24.3 Å². The average molecular weight is 289 g/mol. The molecule has 0 amide bonds. The van der Waals surface area contributed by atoms with Gasteiger partial charge in [0, 0.05) is 11.6 Å². The Labute approximate surface area is 113 Å². The lowest BCUT2D eigenvalue weighted by Crippen LogP contribution is -2.41. The number of hydrogen-bond acceptors (Lipinski definition) is 3. The van der Waals surface area contributed by atoms with Crippen LogP contribution in [0, 0.1) is 0 Å². The summed E-state index contributed by atoms with van der Waals surface area (Å²) in [6.07, 6.45) is 1.33. The molecule has 0 bridgehead atoms. The Morgan fingerprint density at radius 3 is 2.61 bits per heavy atom. The molecule has 0 radical (unpaired) electrons. The number of halogens is 1. The van der Waals surface area contributed by atoms with E-state index in [4.69, 9.17) is 11.6 Å². The highest BCUT2D eigenvalue weighted by Crippen LogP contribution is 2.16. The van der Waals surface area contributed by atoms with Gasteiger partial charge in [-0.05, 0) is 37.6 Å². The van der Waals surface area contributed by atoms with Gasteiger partial charge >= 0.3 is 0 Å². The van der Waals surface area contributed by atoms with Gasteiger partial charge in [0.25, 0.3) is 0 Å². The topological polar surface area (TPSA) is 58.2 Å². The van der Waals surface area contributed by atoms with E-state index < -0.39 is 10.0 Å². The second-order valence-electron chi connectivity index (χ2n) is 4.41. The number of sulfonamides is 1. The zero-order valence-corrected chi connectivity index (χ0v) is 11.6. The predicted molar refractivity (Wildman–Crippen MR) is 73.1 cm³/mol. The van der Waals surface area contributed by atoms with Crippen LogP contribution < -0.4 is 10.0 Å². The van der Waals surface area contributed by atoms with Crippen LogP contribution in [0.5, 0.6) is 0 Å².